The van der Waals surface area contributed by atoms with Gasteiger partial charge in [-0.25, -0.2) is 0 Å². The van der Waals surface area contributed by atoms with E-state index in [2.05, 4.69) is 20.8 Å². The van der Waals surface area contributed by atoms with Gasteiger partial charge in [0.1, 0.15) is 0 Å². The quantitative estimate of drug-likeness (QED) is 0.526. The standard InChI is InChI=1S/C8H16O/c1-4-7-5-8(2,3)6-9-7/h7H,4-6H2,1-3H3. The van der Waals surface area contributed by atoms with Gasteiger partial charge in [-0.3, -0.25) is 0 Å². The van der Waals surface area contributed by atoms with Crippen LogP contribution >= 0.6 is 0 Å². The molecule has 0 saturated carbocycles. The van der Waals surface area contributed by atoms with Gasteiger partial charge < -0.3 is 4.74 Å². The summed E-state index contributed by atoms with van der Waals surface area (Å²) < 4.78 is 5.52. The second kappa shape index (κ2) is 2.30. The summed E-state index contributed by atoms with van der Waals surface area (Å²) in [6.45, 7) is 7.67. The Morgan fingerprint density at radius 3 is 2.44 bits per heavy atom. The minimum Gasteiger partial charge on any atom is -0.378 e. The van der Waals surface area contributed by atoms with E-state index in [1.165, 1.54) is 12.8 Å². The molecule has 1 atom stereocenters. The zero-order chi connectivity index (χ0) is 6.91. The lowest BCUT2D eigenvalue weighted by molar-refractivity contribution is 0.0972. The van der Waals surface area contributed by atoms with Gasteiger partial charge in [0.25, 0.3) is 0 Å². The second-order valence-electron chi connectivity index (χ2n) is 3.71. The lowest BCUT2D eigenvalue weighted by atomic mass is 9.90. The van der Waals surface area contributed by atoms with Crippen molar-refractivity contribution in [3.63, 3.8) is 0 Å². The van der Waals surface area contributed by atoms with Crippen molar-refractivity contribution in [3.05, 3.63) is 0 Å². The van der Waals surface area contributed by atoms with Crippen molar-refractivity contribution in [2.75, 3.05) is 6.61 Å². The van der Waals surface area contributed by atoms with Crippen LogP contribution in [0.2, 0.25) is 0 Å². The van der Waals surface area contributed by atoms with Crippen LogP contribution in [0.5, 0.6) is 0 Å². The smallest absolute Gasteiger partial charge is 0.0578 e. The molecule has 1 unspecified atom stereocenters. The molecule has 1 aliphatic heterocycles. The molecule has 1 rings (SSSR count). The van der Waals surface area contributed by atoms with E-state index in [1.54, 1.807) is 0 Å². The van der Waals surface area contributed by atoms with Crippen LogP contribution in [0.15, 0.2) is 0 Å². The van der Waals surface area contributed by atoms with Gasteiger partial charge in [0.05, 0.1) is 12.7 Å². The third-order valence-corrected chi connectivity index (χ3v) is 1.95. The molecule has 0 spiro atoms. The lowest BCUT2D eigenvalue weighted by Crippen LogP contribution is -2.09. The van der Waals surface area contributed by atoms with E-state index in [0.717, 1.165) is 6.61 Å². The molecule has 0 aromatic carbocycles. The van der Waals surface area contributed by atoms with Crippen LogP contribution in [-0.4, -0.2) is 12.7 Å². The molecule has 1 fully saturated rings. The zero-order valence-corrected chi connectivity index (χ0v) is 6.61. The normalized spacial score (nSPS) is 33.0. The molecule has 1 nitrogen and oxygen atoms in total. The van der Waals surface area contributed by atoms with E-state index in [9.17, 15) is 0 Å². The SMILES string of the molecule is CCC1CC(C)(C)CO1. The highest BCUT2D eigenvalue weighted by atomic mass is 16.5. The molecule has 1 saturated heterocycles. The van der Waals surface area contributed by atoms with Crippen molar-refractivity contribution >= 4 is 0 Å². The highest BCUT2D eigenvalue weighted by Crippen LogP contribution is 2.32. The Balaban J connectivity index is 2.38. The molecule has 9 heavy (non-hydrogen) atoms. The van der Waals surface area contributed by atoms with E-state index >= 15 is 0 Å². The average molecular weight is 128 g/mol. The minimum absolute atomic E-state index is 0.445. The van der Waals surface area contributed by atoms with Crippen LogP contribution in [0.3, 0.4) is 0 Å². The van der Waals surface area contributed by atoms with Crippen LogP contribution in [0.25, 0.3) is 0 Å². The topological polar surface area (TPSA) is 9.23 Å². The molecule has 0 amide bonds. The first-order valence-corrected chi connectivity index (χ1v) is 3.76. The maximum Gasteiger partial charge on any atom is 0.0578 e. The number of hydrogen-bond acceptors (Lipinski definition) is 1. The average Bonchev–Trinajstić information content (AvgIpc) is 2.10. The van der Waals surface area contributed by atoms with Crippen molar-refractivity contribution in [2.24, 2.45) is 5.41 Å². The summed E-state index contributed by atoms with van der Waals surface area (Å²) >= 11 is 0. The summed E-state index contributed by atoms with van der Waals surface area (Å²) in [6.07, 6.45) is 2.95. The molecule has 0 aromatic rings. The Kier molecular flexibility index (Phi) is 1.80. The highest BCUT2D eigenvalue weighted by molar-refractivity contribution is 4.79. The molecule has 1 heterocycles. The summed E-state index contributed by atoms with van der Waals surface area (Å²) in [6, 6.07) is 0. The van der Waals surface area contributed by atoms with Gasteiger partial charge in [-0.05, 0) is 18.3 Å². The molecule has 1 aliphatic rings. The first-order valence-electron chi connectivity index (χ1n) is 3.76. The van der Waals surface area contributed by atoms with E-state index in [-0.39, 0.29) is 0 Å². The predicted octanol–water partition coefficient (Wildman–Crippen LogP) is 2.21. The van der Waals surface area contributed by atoms with Crippen LogP contribution in [0, 0.1) is 5.41 Å². The first kappa shape index (κ1) is 7.07. The largest absolute Gasteiger partial charge is 0.378 e. The fourth-order valence-electron chi connectivity index (χ4n) is 1.34. The Bertz CT molecular complexity index is 96.7. The molecular formula is C8H16O. The zero-order valence-electron chi connectivity index (χ0n) is 6.61. The summed E-state index contributed by atoms with van der Waals surface area (Å²) in [5.41, 5.74) is 0.445. The molecule has 0 N–H and O–H groups in total. The second-order valence-corrected chi connectivity index (χ2v) is 3.71. The minimum atomic E-state index is 0.445. The molecular weight excluding hydrogens is 112 g/mol. The molecule has 0 aliphatic carbocycles. The van der Waals surface area contributed by atoms with Crippen molar-refractivity contribution in [1.29, 1.82) is 0 Å². The molecule has 54 valence electrons. The summed E-state index contributed by atoms with van der Waals surface area (Å²) in [4.78, 5) is 0. The van der Waals surface area contributed by atoms with Crippen molar-refractivity contribution in [2.45, 2.75) is 39.7 Å². The third-order valence-electron chi connectivity index (χ3n) is 1.95. The summed E-state index contributed by atoms with van der Waals surface area (Å²) in [5.74, 6) is 0. The lowest BCUT2D eigenvalue weighted by Gasteiger charge is -2.12. The molecule has 0 bridgehead atoms. The van der Waals surface area contributed by atoms with Crippen LogP contribution in [0.1, 0.15) is 33.6 Å². The highest BCUT2D eigenvalue weighted by Gasteiger charge is 2.30. The number of hydrogen-bond donors (Lipinski definition) is 0. The van der Waals surface area contributed by atoms with Gasteiger partial charge in [0.15, 0.2) is 0 Å². The fraction of sp³-hybridized carbons (Fsp3) is 1.00. The molecule has 0 aromatic heterocycles. The van der Waals surface area contributed by atoms with Crippen LogP contribution in [0.4, 0.5) is 0 Å². The van der Waals surface area contributed by atoms with Crippen LogP contribution < -0.4 is 0 Å². The van der Waals surface area contributed by atoms with E-state index in [4.69, 9.17) is 4.74 Å². The maximum absolute atomic E-state index is 5.52. The Hall–Kier alpha value is -0.0400. The van der Waals surface area contributed by atoms with Gasteiger partial charge in [0.2, 0.25) is 0 Å². The van der Waals surface area contributed by atoms with Gasteiger partial charge in [-0.2, -0.15) is 0 Å². The van der Waals surface area contributed by atoms with E-state index in [1.807, 2.05) is 0 Å². The summed E-state index contributed by atoms with van der Waals surface area (Å²) in [5, 5.41) is 0. The maximum atomic E-state index is 5.52. The van der Waals surface area contributed by atoms with Crippen molar-refractivity contribution < 1.29 is 4.74 Å². The Morgan fingerprint density at radius 2 is 2.22 bits per heavy atom. The molecule has 0 radical (unpaired) electrons. The van der Waals surface area contributed by atoms with Gasteiger partial charge in [0, 0.05) is 0 Å². The van der Waals surface area contributed by atoms with Gasteiger partial charge in [-0.1, -0.05) is 20.8 Å². The third kappa shape index (κ3) is 1.68. The predicted molar refractivity (Wildman–Crippen MR) is 38.4 cm³/mol. The monoisotopic (exact) mass is 128 g/mol. The first-order chi connectivity index (χ1) is 4.14. The van der Waals surface area contributed by atoms with Crippen molar-refractivity contribution in [1.82, 2.24) is 0 Å². The van der Waals surface area contributed by atoms with Crippen LogP contribution in [-0.2, 0) is 4.74 Å². The van der Waals surface area contributed by atoms with E-state index < -0.39 is 0 Å². The van der Waals surface area contributed by atoms with Gasteiger partial charge >= 0.3 is 0 Å². The summed E-state index contributed by atoms with van der Waals surface area (Å²) in [7, 11) is 0. The number of ether oxygens (including phenoxy) is 1. The van der Waals surface area contributed by atoms with E-state index in [0.29, 0.717) is 11.5 Å². The fourth-order valence-corrected chi connectivity index (χ4v) is 1.34. The number of rotatable bonds is 1. The van der Waals surface area contributed by atoms with Gasteiger partial charge in [-0.15, -0.1) is 0 Å². The van der Waals surface area contributed by atoms with Crippen molar-refractivity contribution in [3.8, 4) is 0 Å². The Morgan fingerprint density at radius 1 is 1.56 bits per heavy atom. The Labute approximate surface area is 57.4 Å². The molecule has 1 heteroatoms.